The monoisotopic (exact) mass is 358 g/mol. The molecule has 2 atom stereocenters. The number of furan rings is 1. The lowest BCUT2D eigenvalue weighted by molar-refractivity contribution is 0.0417. The summed E-state index contributed by atoms with van der Waals surface area (Å²) in [4.78, 5) is 4.76. The van der Waals surface area contributed by atoms with Gasteiger partial charge in [-0.3, -0.25) is 4.90 Å². The summed E-state index contributed by atoms with van der Waals surface area (Å²) in [6.45, 7) is 14.6. The van der Waals surface area contributed by atoms with Crippen molar-refractivity contribution in [2.24, 2.45) is 5.92 Å². The fourth-order valence-corrected chi connectivity index (χ4v) is 3.40. The van der Waals surface area contributed by atoms with Gasteiger partial charge in [0.1, 0.15) is 0 Å². The lowest BCUT2D eigenvalue weighted by atomic mass is 10.1. The molecular formula is C22H34N2O2. The van der Waals surface area contributed by atoms with Crippen molar-refractivity contribution in [1.82, 2.24) is 4.90 Å². The van der Waals surface area contributed by atoms with E-state index in [9.17, 15) is 0 Å². The van der Waals surface area contributed by atoms with Gasteiger partial charge in [-0.1, -0.05) is 45.9 Å². The third-order valence-electron chi connectivity index (χ3n) is 4.76. The number of benzene rings is 1. The van der Waals surface area contributed by atoms with E-state index in [2.05, 4.69) is 68.7 Å². The Morgan fingerprint density at radius 3 is 2.15 bits per heavy atom. The summed E-state index contributed by atoms with van der Waals surface area (Å²) < 4.78 is 11.8. The van der Waals surface area contributed by atoms with E-state index in [0.717, 1.165) is 31.3 Å². The van der Waals surface area contributed by atoms with E-state index < -0.39 is 0 Å². The van der Waals surface area contributed by atoms with E-state index in [1.54, 1.807) is 6.26 Å². The maximum Gasteiger partial charge on any atom is 0.199 e. The highest BCUT2D eigenvalue weighted by atomic mass is 16.5. The number of hydrogen-bond donors (Lipinski definition) is 0. The van der Waals surface area contributed by atoms with Gasteiger partial charge in [0.05, 0.1) is 25.0 Å². The molecule has 26 heavy (non-hydrogen) atoms. The van der Waals surface area contributed by atoms with E-state index in [-0.39, 0.29) is 12.1 Å². The van der Waals surface area contributed by atoms with E-state index in [0.29, 0.717) is 12.5 Å². The van der Waals surface area contributed by atoms with Crippen molar-refractivity contribution >= 4 is 11.6 Å². The molecule has 1 heterocycles. The van der Waals surface area contributed by atoms with E-state index >= 15 is 0 Å². The molecule has 0 saturated carbocycles. The van der Waals surface area contributed by atoms with Crippen LogP contribution in [0.4, 0.5) is 11.6 Å². The predicted octanol–water partition coefficient (Wildman–Crippen LogP) is 5.19. The summed E-state index contributed by atoms with van der Waals surface area (Å²) in [6, 6.07) is 14.9. The van der Waals surface area contributed by atoms with Crippen LogP contribution in [0.2, 0.25) is 0 Å². The van der Waals surface area contributed by atoms with Crippen LogP contribution >= 0.6 is 0 Å². The van der Waals surface area contributed by atoms with Gasteiger partial charge in [0.25, 0.3) is 0 Å². The third kappa shape index (κ3) is 5.36. The fourth-order valence-electron chi connectivity index (χ4n) is 3.40. The minimum absolute atomic E-state index is 0.204. The minimum Gasteiger partial charge on any atom is -0.448 e. The molecule has 0 spiro atoms. The topological polar surface area (TPSA) is 28.9 Å². The van der Waals surface area contributed by atoms with Crippen molar-refractivity contribution in [2.75, 3.05) is 31.2 Å². The first-order valence-corrected chi connectivity index (χ1v) is 9.78. The Morgan fingerprint density at radius 1 is 0.923 bits per heavy atom. The highest BCUT2D eigenvalue weighted by Crippen LogP contribution is 2.30. The van der Waals surface area contributed by atoms with Crippen LogP contribution in [0.1, 0.15) is 34.6 Å². The number of para-hydroxylation sites is 1. The van der Waals surface area contributed by atoms with Crippen LogP contribution in [-0.2, 0) is 4.74 Å². The number of ether oxygens (including phenoxy) is 1. The Morgan fingerprint density at radius 2 is 1.62 bits per heavy atom. The molecule has 0 aliphatic rings. The Hall–Kier alpha value is -1.78. The maximum absolute atomic E-state index is 6.07. The zero-order chi connectivity index (χ0) is 18.9. The summed E-state index contributed by atoms with van der Waals surface area (Å²) >= 11 is 0. The largest absolute Gasteiger partial charge is 0.448 e. The van der Waals surface area contributed by atoms with Gasteiger partial charge in [-0.05, 0) is 44.1 Å². The Labute approximate surface area is 158 Å². The maximum atomic E-state index is 6.07. The quantitative estimate of drug-likeness (QED) is 0.553. The Balaban J connectivity index is 2.30. The number of nitrogens with zero attached hydrogens (tertiary/aromatic N) is 2. The van der Waals surface area contributed by atoms with Gasteiger partial charge in [-0.15, -0.1) is 0 Å². The van der Waals surface area contributed by atoms with Gasteiger partial charge < -0.3 is 14.1 Å². The molecule has 0 radical (unpaired) electrons. The second-order valence-corrected chi connectivity index (χ2v) is 7.12. The lowest BCUT2D eigenvalue weighted by Crippen LogP contribution is -2.51. The molecule has 2 aromatic rings. The first-order valence-electron chi connectivity index (χ1n) is 9.78. The molecule has 1 aromatic heterocycles. The fraction of sp³-hybridized carbons (Fsp3) is 0.545. The van der Waals surface area contributed by atoms with Gasteiger partial charge in [-0.25, -0.2) is 0 Å². The van der Waals surface area contributed by atoms with Gasteiger partial charge in [0.15, 0.2) is 5.88 Å². The van der Waals surface area contributed by atoms with Crippen LogP contribution in [0.3, 0.4) is 0 Å². The first-order chi connectivity index (χ1) is 12.6. The lowest BCUT2D eigenvalue weighted by Gasteiger charge is -2.40. The number of hydrogen-bond acceptors (Lipinski definition) is 4. The minimum atomic E-state index is 0.204. The molecule has 1 aromatic carbocycles. The molecule has 0 fully saturated rings. The van der Waals surface area contributed by atoms with Crippen LogP contribution in [0, 0.1) is 5.92 Å². The summed E-state index contributed by atoms with van der Waals surface area (Å²) in [7, 11) is 0. The van der Waals surface area contributed by atoms with Crippen molar-refractivity contribution in [3.05, 3.63) is 48.7 Å². The van der Waals surface area contributed by atoms with Gasteiger partial charge >= 0.3 is 0 Å². The molecule has 0 bridgehead atoms. The highest BCUT2D eigenvalue weighted by Gasteiger charge is 2.30. The van der Waals surface area contributed by atoms with Crippen molar-refractivity contribution in [3.63, 3.8) is 0 Å². The molecular weight excluding hydrogens is 324 g/mol. The number of anilines is 2. The van der Waals surface area contributed by atoms with E-state index in [1.165, 1.54) is 0 Å². The Bertz CT molecular complexity index is 594. The average molecular weight is 359 g/mol. The van der Waals surface area contributed by atoms with Gasteiger partial charge in [0, 0.05) is 18.4 Å². The molecule has 0 aliphatic heterocycles. The summed E-state index contributed by atoms with van der Waals surface area (Å²) in [5.74, 6) is 1.41. The van der Waals surface area contributed by atoms with E-state index in [1.807, 2.05) is 18.2 Å². The number of likely N-dealkylation sites (N-methyl/N-ethyl adjacent to an activating group) is 1. The molecule has 0 aliphatic carbocycles. The molecule has 2 rings (SSSR count). The second-order valence-electron chi connectivity index (χ2n) is 7.12. The van der Waals surface area contributed by atoms with Crippen LogP contribution in [0.25, 0.3) is 0 Å². The SMILES string of the molecule is CCN(CC)C(COCC(C)C)C(C)N(c1ccccc1)c1ccco1. The van der Waals surface area contributed by atoms with Crippen LogP contribution in [0.15, 0.2) is 53.1 Å². The average Bonchev–Trinajstić information content (AvgIpc) is 3.16. The smallest absolute Gasteiger partial charge is 0.199 e. The summed E-state index contributed by atoms with van der Waals surface area (Å²) in [5, 5.41) is 0. The molecule has 4 nitrogen and oxygen atoms in total. The van der Waals surface area contributed by atoms with Gasteiger partial charge in [0.2, 0.25) is 0 Å². The standard InChI is InChI=1S/C22H34N2O2/c1-6-23(7-2)21(17-25-16-18(3)4)19(5)24(22-14-11-15-26-22)20-12-9-8-10-13-20/h8-15,18-19,21H,6-7,16-17H2,1-5H3. The van der Waals surface area contributed by atoms with Crippen molar-refractivity contribution in [3.8, 4) is 0 Å². The molecule has 0 amide bonds. The molecule has 0 N–H and O–H groups in total. The molecule has 4 heteroatoms. The third-order valence-corrected chi connectivity index (χ3v) is 4.76. The van der Waals surface area contributed by atoms with Gasteiger partial charge in [-0.2, -0.15) is 0 Å². The van der Waals surface area contributed by atoms with Crippen LogP contribution < -0.4 is 4.90 Å². The van der Waals surface area contributed by atoms with Crippen molar-refractivity contribution in [1.29, 1.82) is 0 Å². The highest BCUT2D eigenvalue weighted by molar-refractivity contribution is 5.59. The summed E-state index contributed by atoms with van der Waals surface area (Å²) in [5.41, 5.74) is 1.14. The van der Waals surface area contributed by atoms with Crippen molar-refractivity contribution < 1.29 is 9.15 Å². The van der Waals surface area contributed by atoms with Crippen molar-refractivity contribution in [2.45, 2.75) is 46.7 Å². The Kier molecular flexibility index (Phi) is 8.20. The first kappa shape index (κ1) is 20.5. The zero-order valence-electron chi connectivity index (χ0n) is 16.9. The zero-order valence-corrected chi connectivity index (χ0v) is 16.9. The second kappa shape index (κ2) is 10.4. The normalized spacial score (nSPS) is 14.0. The predicted molar refractivity (Wildman–Crippen MR) is 109 cm³/mol. The molecule has 2 unspecified atom stereocenters. The molecule has 144 valence electrons. The van der Waals surface area contributed by atoms with E-state index in [4.69, 9.17) is 9.15 Å². The molecule has 0 saturated heterocycles. The van der Waals surface area contributed by atoms with Crippen LogP contribution in [0.5, 0.6) is 0 Å². The van der Waals surface area contributed by atoms with Crippen LogP contribution in [-0.4, -0.2) is 43.3 Å². The summed E-state index contributed by atoms with van der Waals surface area (Å²) in [6.07, 6.45) is 1.74. The number of rotatable bonds is 11.